The number of nitrogens with one attached hydrogen (secondary N) is 2. The molecule has 21 heavy (non-hydrogen) atoms. The minimum Gasteiger partial charge on any atom is -0.379 e. The zero-order valence-corrected chi connectivity index (χ0v) is 13.6. The second kappa shape index (κ2) is 7.43. The predicted octanol–water partition coefficient (Wildman–Crippen LogP) is 3.03. The maximum absolute atomic E-state index is 10.8. The number of urea groups is 1. The number of methoxy groups -OCH3 is 1. The van der Waals surface area contributed by atoms with Gasteiger partial charge in [0.2, 0.25) is 0 Å². The molecule has 1 aromatic carbocycles. The molecular formula is C16H27N3O2. The van der Waals surface area contributed by atoms with E-state index in [2.05, 4.69) is 38.3 Å². The van der Waals surface area contributed by atoms with E-state index in [-0.39, 0.29) is 11.6 Å². The minimum atomic E-state index is -0.552. The molecule has 0 radical (unpaired) electrons. The normalized spacial score (nSPS) is 14.5. The zero-order chi connectivity index (χ0) is 16.0. The Kier molecular flexibility index (Phi) is 6.18. The van der Waals surface area contributed by atoms with E-state index >= 15 is 0 Å². The van der Waals surface area contributed by atoms with Crippen LogP contribution < -0.4 is 16.4 Å². The summed E-state index contributed by atoms with van der Waals surface area (Å²) in [6.45, 7) is 8.44. The molecule has 0 fully saturated rings. The van der Waals surface area contributed by atoms with E-state index in [1.165, 1.54) is 0 Å². The van der Waals surface area contributed by atoms with Gasteiger partial charge >= 0.3 is 6.03 Å². The van der Waals surface area contributed by atoms with Gasteiger partial charge in [-0.1, -0.05) is 12.1 Å². The Labute approximate surface area is 127 Å². The smallest absolute Gasteiger partial charge is 0.316 e. The molecule has 0 aliphatic rings. The molecule has 0 spiro atoms. The van der Waals surface area contributed by atoms with Crippen LogP contribution in [0.5, 0.6) is 0 Å². The van der Waals surface area contributed by atoms with Crippen molar-refractivity contribution in [3.8, 4) is 0 Å². The summed E-state index contributed by atoms with van der Waals surface area (Å²) in [6.07, 6.45) is 0.926. The Morgan fingerprint density at radius 3 is 2.33 bits per heavy atom. The number of ether oxygens (including phenoxy) is 1. The number of hydrogen-bond donors (Lipinski definition) is 3. The number of carbonyl (C=O) groups is 1. The van der Waals surface area contributed by atoms with E-state index in [1.807, 2.05) is 24.3 Å². The number of amides is 2. The number of hydrogen-bond acceptors (Lipinski definition) is 3. The van der Waals surface area contributed by atoms with Crippen LogP contribution in [0.3, 0.4) is 0 Å². The monoisotopic (exact) mass is 293 g/mol. The van der Waals surface area contributed by atoms with Gasteiger partial charge in [0.15, 0.2) is 0 Å². The Bertz CT molecular complexity index is 457. The lowest BCUT2D eigenvalue weighted by Gasteiger charge is -2.29. The van der Waals surface area contributed by atoms with E-state index in [9.17, 15) is 4.79 Å². The van der Waals surface area contributed by atoms with Crippen molar-refractivity contribution in [2.24, 2.45) is 5.73 Å². The van der Waals surface area contributed by atoms with Crippen molar-refractivity contribution in [3.63, 3.8) is 0 Å². The summed E-state index contributed by atoms with van der Waals surface area (Å²) < 4.78 is 5.46. The van der Waals surface area contributed by atoms with Crippen LogP contribution in [0.15, 0.2) is 24.3 Å². The second-order valence-electron chi connectivity index (χ2n) is 6.07. The van der Waals surface area contributed by atoms with E-state index in [1.54, 1.807) is 7.11 Å². The maximum Gasteiger partial charge on any atom is 0.316 e. The zero-order valence-electron chi connectivity index (χ0n) is 13.6. The van der Waals surface area contributed by atoms with Crippen molar-refractivity contribution in [3.05, 3.63) is 29.8 Å². The quantitative estimate of drug-likeness (QED) is 0.723. The summed E-state index contributed by atoms with van der Waals surface area (Å²) in [7, 11) is 1.74. The number of rotatable bonds is 7. The van der Waals surface area contributed by atoms with Crippen LogP contribution in [0.2, 0.25) is 0 Å². The van der Waals surface area contributed by atoms with Crippen LogP contribution in [0.4, 0.5) is 10.5 Å². The number of nitrogens with two attached hydrogens (primary N) is 1. The third-order valence-electron chi connectivity index (χ3n) is 3.56. The Morgan fingerprint density at radius 1 is 1.29 bits per heavy atom. The molecule has 0 aliphatic carbocycles. The summed E-state index contributed by atoms with van der Waals surface area (Å²) in [5.74, 6) is 0. The number of benzene rings is 1. The molecule has 0 aliphatic heterocycles. The first-order valence-electron chi connectivity index (χ1n) is 7.21. The molecule has 4 N–H and O–H groups in total. The van der Waals surface area contributed by atoms with Crippen molar-refractivity contribution in [2.75, 3.05) is 12.4 Å². The van der Waals surface area contributed by atoms with E-state index in [0.717, 1.165) is 12.0 Å². The average Bonchev–Trinajstić information content (AvgIpc) is 2.38. The number of carbonyl (C=O) groups excluding carboxylic acids is 1. The molecule has 2 unspecified atom stereocenters. The molecule has 0 heterocycles. The van der Waals surface area contributed by atoms with Crippen LogP contribution >= 0.6 is 0 Å². The van der Waals surface area contributed by atoms with Gasteiger partial charge in [-0.15, -0.1) is 0 Å². The highest BCUT2D eigenvalue weighted by molar-refractivity contribution is 5.87. The van der Waals surface area contributed by atoms with Crippen molar-refractivity contribution < 1.29 is 9.53 Å². The molecular weight excluding hydrogens is 266 g/mol. The van der Waals surface area contributed by atoms with Crippen molar-refractivity contribution >= 4 is 11.7 Å². The highest BCUT2D eigenvalue weighted by Gasteiger charge is 2.21. The van der Waals surface area contributed by atoms with Gasteiger partial charge in [-0.25, -0.2) is 4.79 Å². The Morgan fingerprint density at radius 2 is 1.86 bits per heavy atom. The first kappa shape index (κ1) is 17.5. The van der Waals surface area contributed by atoms with Crippen LogP contribution in [-0.2, 0) is 4.74 Å². The fourth-order valence-electron chi connectivity index (χ4n) is 2.40. The standard InChI is InChI=1S/C16H27N3O2/c1-11(10-16(3,4)21-5)18-12(2)13-6-8-14(9-7-13)19-15(17)20/h6-9,11-12,18H,10H2,1-5H3,(H3,17,19,20). The average molecular weight is 293 g/mol. The predicted molar refractivity (Wildman–Crippen MR) is 86.4 cm³/mol. The lowest BCUT2D eigenvalue weighted by Crippen LogP contribution is -2.36. The van der Waals surface area contributed by atoms with Gasteiger partial charge in [0, 0.05) is 24.9 Å². The molecule has 5 nitrogen and oxygen atoms in total. The van der Waals surface area contributed by atoms with Crippen LogP contribution in [-0.4, -0.2) is 24.8 Å². The third-order valence-corrected chi connectivity index (χ3v) is 3.56. The molecule has 118 valence electrons. The van der Waals surface area contributed by atoms with Gasteiger partial charge < -0.3 is 21.1 Å². The molecule has 1 rings (SSSR count). The van der Waals surface area contributed by atoms with E-state index in [4.69, 9.17) is 10.5 Å². The fraction of sp³-hybridized carbons (Fsp3) is 0.562. The van der Waals surface area contributed by atoms with E-state index in [0.29, 0.717) is 11.7 Å². The van der Waals surface area contributed by atoms with Crippen LogP contribution in [0.25, 0.3) is 0 Å². The van der Waals surface area contributed by atoms with Gasteiger partial charge in [-0.3, -0.25) is 0 Å². The van der Waals surface area contributed by atoms with Gasteiger partial charge in [0.05, 0.1) is 5.60 Å². The van der Waals surface area contributed by atoms with Crippen LogP contribution in [0.1, 0.15) is 45.7 Å². The fourth-order valence-corrected chi connectivity index (χ4v) is 2.40. The van der Waals surface area contributed by atoms with Crippen molar-refractivity contribution in [1.29, 1.82) is 0 Å². The summed E-state index contributed by atoms with van der Waals surface area (Å²) in [6, 6.07) is 7.66. The largest absolute Gasteiger partial charge is 0.379 e. The minimum absolute atomic E-state index is 0.137. The van der Waals surface area contributed by atoms with Gasteiger partial charge in [0.25, 0.3) is 0 Å². The SMILES string of the molecule is COC(C)(C)CC(C)NC(C)c1ccc(NC(N)=O)cc1. The molecule has 1 aromatic rings. The molecule has 5 heteroatoms. The van der Waals surface area contributed by atoms with Crippen molar-refractivity contribution in [2.45, 2.75) is 51.8 Å². The molecule has 0 aromatic heterocycles. The van der Waals surface area contributed by atoms with Gasteiger partial charge in [-0.2, -0.15) is 0 Å². The highest BCUT2D eigenvalue weighted by Crippen LogP contribution is 2.20. The van der Waals surface area contributed by atoms with Crippen molar-refractivity contribution in [1.82, 2.24) is 5.32 Å². The van der Waals surface area contributed by atoms with E-state index < -0.39 is 6.03 Å². The van der Waals surface area contributed by atoms with Gasteiger partial charge in [0.1, 0.15) is 0 Å². The Balaban J connectivity index is 2.59. The Hall–Kier alpha value is -1.59. The summed E-state index contributed by atoms with van der Waals surface area (Å²) in [4.78, 5) is 10.8. The summed E-state index contributed by atoms with van der Waals surface area (Å²) in [5, 5.41) is 6.11. The topological polar surface area (TPSA) is 76.4 Å². The van der Waals surface area contributed by atoms with Gasteiger partial charge in [-0.05, 0) is 51.8 Å². The third kappa shape index (κ3) is 6.14. The molecule has 2 amide bonds. The lowest BCUT2D eigenvalue weighted by atomic mass is 9.98. The first-order chi connectivity index (χ1) is 9.73. The number of anilines is 1. The number of primary amides is 1. The maximum atomic E-state index is 10.8. The highest BCUT2D eigenvalue weighted by atomic mass is 16.5. The molecule has 0 saturated carbocycles. The van der Waals surface area contributed by atoms with Crippen LogP contribution in [0, 0.1) is 0 Å². The lowest BCUT2D eigenvalue weighted by molar-refractivity contribution is 0.00782. The summed E-state index contributed by atoms with van der Waals surface area (Å²) in [5.41, 5.74) is 6.81. The molecule has 0 saturated heterocycles. The summed E-state index contributed by atoms with van der Waals surface area (Å²) >= 11 is 0. The first-order valence-corrected chi connectivity index (χ1v) is 7.21. The second-order valence-corrected chi connectivity index (χ2v) is 6.07. The molecule has 0 bridgehead atoms. The molecule has 2 atom stereocenters.